The molecule has 5 rings (SSSR count). The van der Waals surface area contributed by atoms with Crippen molar-refractivity contribution in [1.29, 1.82) is 0 Å². The Balaban J connectivity index is 1.73. The smallest absolute Gasteiger partial charge is 0.298 e. The number of hydrogen-bond donors (Lipinski definition) is 0. The molecule has 0 aliphatic heterocycles. The van der Waals surface area contributed by atoms with E-state index in [-0.39, 0.29) is 20.1 Å². The molecule has 1 aliphatic rings. The van der Waals surface area contributed by atoms with E-state index in [1.807, 2.05) is 54.6 Å². The quantitative estimate of drug-likeness (QED) is 0.178. The fraction of sp³-hybridized carbons (Fsp3) is 0. The molecular formula is C26H13Cl4NO2. The normalized spacial score (nSPS) is 13.0. The van der Waals surface area contributed by atoms with Crippen LogP contribution >= 0.6 is 46.4 Å². The molecule has 0 fully saturated rings. The second-order valence-electron chi connectivity index (χ2n) is 7.33. The number of carbonyl (C=O) groups excluding carboxylic acids is 1. The van der Waals surface area contributed by atoms with Crippen LogP contribution in [0.5, 0.6) is 5.75 Å². The summed E-state index contributed by atoms with van der Waals surface area (Å²) in [5.41, 5.74) is 6.82. The van der Waals surface area contributed by atoms with E-state index in [1.165, 1.54) is 6.07 Å². The summed E-state index contributed by atoms with van der Waals surface area (Å²) < 4.78 is 5.00. The first-order valence-corrected chi connectivity index (χ1v) is 11.4. The maximum Gasteiger partial charge on any atom is 0.298 e. The number of rotatable bonds is 4. The van der Waals surface area contributed by atoms with Crippen LogP contribution in [-0.4, -0.2) is 12.2 Å². The van der Waals surface area contributed by atoms with Gasteiger partial charge in [-0.3, -0.25) is 4.79 Å². The molecule has 0 radical (unpaired) electrons. The molecule has 33 heavy (non-hydrogen) atoms. The van der Waals surface area contributed by atoms with Gasteiger partial charge in [0, 0.05) is 11.1 Å². The first kappa shape index (κ1) is 22.0. The minimum Gasteiger partial charge on any atom is -0.429 e. The van der Waals surface area contributed by atoms with Crippen molar-refractivity contribution in [2.75, 3.05) is 0 Å². The Morgan fingerprint density at radius 3 is 2.06 bits per heavy atom. The number of ether oxygens (including phenoxy) is 1. The van der Waals surface area contributed by atoms with E-state index in [1.54, 1.807) is 12.1 Å². The molecule has 3 nitrogen and oxygen atoms in total. The Morgan fingerprint density at radius 2 is 1.33 bits per heavy atom. The predicted molar refractivity (Wildman–Crippen MR) is 136 cm³/mol. The minimum absolute atomic E-state index is 0.236. The Morgan fingerprint density at radius 1 is 0.667 bits per heavy atom. The molecule has 0 spiro atoms. The minimum atomic E-state index is 0.236. The second kappa shape index (κ2) is 8.85. The lowest BCUT2D eigenvalue weighted by atomic mass is 9.98. The van der Waals surface area contributed by atoms with Crippen LogP contribution in [0.15, 0.2) is 77.8 Å². The number of fused-ring (bicyclic) bond motifs is 3. The van der Waals surface area contributed by atoms with Crippen LogP contribution in [0.4, 0.5) is 5.69 Å². The molecule has 0 saturated carbocycles. The largest absolute Gasteiger partial charge is 0.429 e. The average Bonchev–Trinajstić information content (AvgIpc) is 3.14. The summed E-state index contributed by atoms with van der Waals surface area (Å²) in [6.07, 6.45) is 0. The average molecular weight is 513 g/mol. The molecular weight excluding hydrogens is 500 g/mol. The molecule has 4 aromatic rings. The van der Waals surface area contributed by atoms with Crippen molar-refractivity contribution in [1.82, 2.24) is 0 Å². The van der Waals surface area contributed by atoms with E-state index in [9.17, 15) is 4.79 Å². The van der Waals surface area contributed by atoms with Gasteiger partial charge in [0.1, 0.15) is 11.4 Å². The van der Waals surface area contributed by atoms with Crippen LogP contribution in [0.2, 0.25) is 20.1 Å². The fourth-order valence-corrected chi connectivity index (χ4v) is 4.80. The van der Waals surface area contributed by atoms with Crippen LogP contribution < -0.4 is 4.74 Å². The first-order chi connectivity index (χ1) is 16.0. The second-order valence-corrected chi connectivity index (χ2v) is 8.90. The van der Waals surface area contributed by atoms with Crippen molar-refractivity contribution in [3.05, 3.63) is 104 Å². The lowest BCUT2D eigenvalue weighted by molar-refractivity contribution is -0.120. The topological polar surface area (TPSA) is 38.7 Å². The molecule has 0 N–H and O–H groups in total. The highest BCUT2D eigenvalue weighted by Crippen LogP contribution is 2.46. The Labute approximate surface area is 210 Å². The van der Waals surface area contributed by atoms with Crippen LogP contribution in [0.1, 0.15) is 11.1 Å². The van der Waals surface area contributed by atoms with E-state index in [4.69, 9.17) is 56.1 Å². The fourth-order valence-electron chi connectivity index (χ4n) is 3.92. The molecule has 4 aromatic carbocycles. The van der Waals surface area contributed by atoms with Crippen molar-refractivity contribution in [2.45, 2.75) is 0 Å². The van der Waals surface area contributed by atoms with Crippen LogP contribution in [0.25, 0.3) is 22.3 Å². The molecule has 0 unspecified atom stereocenters. The van der Waals surface area contributed by atoms with Gasteiger partial charge in [-0.05, 0) is 46.5 Å². The van der Waals surface area contributed by atoms with Crippen molar-refractivity contribution in [2.24, 2.45) is 4.99 Å². The number of benzene rings is 4. The monoisotopic (exact) mass is 511 g/mol. The van der Waals surface area contributed by atoms with Crippen molar-refractivity contribution in [3.8, 4) is 28.0 Å². The number of aliphatic imine (C=N–C) groups is 1. The van der Waals surface area contributed by atoms with E-state index >= 15 is 0 Å². The van der Waals surface area contributed by atoms with Gasteiger partial charge < -0.3 is 4.74 Å². The number of hydrogen-bond acceptors (Lipinski definition) is 3. The molecule has 0 aromatic heterocycles. The van der Waals surface area contributed by atoms with E-state index < -0.39 is 0 Å². The van der Waals surface area contributed by atoms with Gasteiger partial charge in [-0.2, -0.15) is 0 Å². The lowest BCUT2D eigenvalue weighted by Crippen LogP contribution is -1.98. The molecule has 0 heterocycles. The predicted octanol–water partition coefficient (Wildman–Crippen LogP) is 8.65. The van der Waals surface area contributed by atoms with Gasteiger partial charge in [-0.15, -0.1) is 0 Å². The van der Waals surface area contributed by atoms with Crippen LogP contribution in [-0.2, 0) is 4.79 Å². The lowest BCUT2D eigenvalue weighted by Gasteiger charge is -2.10. The third-order valence-corrected chi connectivity index (χ3v) is 6.97. The zero-order chi connectivity index (χ0) is 23.1. The number of halogens is 4. The summed E-state index contributed by atoms with van der Waals surface area (Å²) in [4.78, 5) is 15.6. The summed E-state index contributed by atoms with van der Waals surface area (Å²) in [6, 6.07) is 22.9. The molecule has 0 amide bonds. The first-order valence-electron chi connectivity index (χ1n) is 9.84. The highest BCUT2D eigenvalue weighted by atomic mass is 35.5. The van der Waals surface area contributed by atoms with E-state index in [0.717, 1.165) is 33.4 Å². The van der Waals surface area contributed by atoms with Crippen molar-refractivity contribution >= 4 is 64.3 Å². The van der Waals surface area contributed by atoms with Crippen molar-refractivity contribution in [3.63, 3.8) is 0 Å². The zero-order valence-electron chi connectivity index (χ0n) is 16.8. The van der Waals surface area contributed by atoms with Gasteiger partial charge in [0.2, 0.25) is 0 Å². The molecule has 0 saturated heterocycles. The van der Waals surface area contributed by atoms with Gasteiger partial charge in [0.05, 0.1) is 25.8 Å². The molecule has 0 atom stereocenters. The van der Waals surface area contributed by atoms with Gasteiger partial charge >= 0.3 is 0 Å². The van der Waals surface area contributed by atoms with Gasteiger partial charge in [-0.25, -0.2) is 4.99 Å². The van der Waals surface area contributed by atoms with Crippen LogP contribution in [0, 0.1) is 0 Å². The van der Waals surface area contributed by atoms with Gasteiger partial charge in [-0.1, -0.05) is 94.9 Å². The van der Waals surface area contributed by atoms with Gasteiger partial charge in [0.25, 0.3) is 6.47 Å². The maximum atomic E-state index is 10.7. The van der Waals surface area contributed by atoms with Crippen molar-refractivity contribution < 1.29 is 9.53 Å². The number of nitrogens with zero attached hydrogens (tertiary/aromatic N) is 1. The molecule has 0 bridgehead atoms. The summed E-state index contributed by atoms with van der Waals surface area (Å²) >= 11 is 25.4. The SMILES string of the molecule is O=COc1cccc(-c2ccc3c(c2)/C(=N/c2c(Cl)c(Cl)cc(Cl)c2Cl)c2ccccc2-3)c1. The Kier molecular flexibility index (Phi) is 5.90. The van der Waals surface area contributed by atoms with Crippen LogP contribution in [0.3, 0.4) is 0 Å². The molecule has 7 heteroatoms. The third-order valence-electron chi connectivity index (χ3n) is 5.41. The Hall–Kier alpha value is -2.82. The summed E-state index contributed by atoms with van der Waals surface area (Å²) in [7, 11) is 0. The summed E-state index contributed by atoms with van der Waals surface area (Å²) in [5, 5.41) is 1.02. The molecule has 162 valence electrons. The number of carbonyl (C=O) groups is 1. The highest BCUT2D eigenvalue weighted by molar-refractivity contribution is 6.50. The van der Waals surface area contributed by atoms with E-state index in [2.05, 4.69) is 0 Å². The summed E-state index contributed by atoms with van der Waals surface area (Å²) in [5.74, 6) is 0.465. The summed E-state index contributed by atoms with van der Waals surface area (Å²) in [6.45, 7) is 0.410. The maximum absolute atomic E-state index is 10.7. The molecule has 1 aliphatic carbocycles. The third kappa shape index (κ3) is 3.92. The zero-order valence-corrected chi connectivity index (χ0v) is 19.8. The highest BCUT2D eigenvalue weighted by Gasteiger charge is 2.26. The van der Waals surface area contributed by atoms with Gasteiger partial charge in [0.15, 0.2) is 0 Å². The standard InChI is InChI=1S/C26H13Cl4NO2/c27-21-12-22(28)24(30)26(23(21)29)31-25-19-7-2-1-6-17(19)18-9-8-15(11-20(18)25)14-4-3-5-16(10-14)33-13-32/h1-13H/b31-25+. The van der Waals surface area contributed by atoms with E-state index in [0.29, 0.717) is 23.6 Å². The Bertz CT molecular complexity index is 1440.